The Balaban J connectivity index is 1.91. The normalized spacial score (nSPS) is 12.8. The van der Waals surface area contributed by atoms with E-state index in [0.29, 0.717) is 27.4 Å². The molecular weight excluding hydrogens is 497 g/mol. The number of thiophene rings is 1. The Labute approximate surface area is 203 Å². The Kier molecular flexibility index (Phi) is 8.66. The van der Waals surface area contributed by atoms with Crippen LogP contribution in [0.3, 0.4) is 0 Å². The van der Waals surface area contributed by atoms with Gasteiger partial charge in [0.1, 0.15) is 17.2 Å². The molecule has 2 N–H and O–H groups in total. The van der Waals surface area contributed by atoms with E-state index in [-0.39, 0.29) is 34.0 Å². The first-order valence-electron chi connectivity index (χ1n) is 9.08. The zero-order valence-electron chi connectivity index (χ0n) is 17.0. The van der Waals surface area contributed by atoms with Crippen LogP contribution in [-0.2, 0) is 9.47 Å². The summed E-state index contributed by atoms with van der Waals surface area (Å²) in [6.07, 6.45) is 3.04. The molecule has 0 atom stereocenters. The van der Waals surface area contributed by atoms with Gasteiger partial charge in [0.2, 0.25) is 0 Å². The maximum absolute atomic E-state index is 13.0. The van der Waals surface area contributed by atoms with Gasteiger partial charge in [-0.1, -0.05) is 29.3 Å². The molecule has 0 unspecified atom stereocenters. The molecule has 0 aliphatic heterocycles. The molecule has 3 rings (SSSR count). The van der Waals surface area contributed by atoms with Crippen molar-refractivity contribution in [3.8, 4) is 0 Å². The van der Waals surface area contributed by atoms with E-state index >= 15 is 0 Å². The Hall–Kier alpha value is -2.43. The highest BCUT2D eigenvalue weighted by atomic mass is 35.5. The zero-order valence-corrected chi connectivity index (χ0v) is 20.1. The molecule has 8 nitrogen and oxygen atoms in total. The zero-order chi connectivity index (χ0) is 23.1. The number of halogens is 3. The lowest BCUT2D eigenvalue weighted by atomic mass is 10.2. The van der Waals surface area contributed by atoms with E-state index in [1.807, 2.05) is 18.2 Å². The number of rotatable bonds is 9. The number of alkyl halides is 1. The van der Waals surface area contributed by atoms with Crippen LogP contribution < -0.4 is 10.6 Å². The molecule has 1 amide bonds. The quantitative estimate of drug-likeness (QED) is 0.236. The number of fused-ring (bicyclic) bond motifs is 1. The van der Waals surface area contributed by atoms with Gasteiger partial charge in [0, 0.05) is 18.7 Å². The number of anilines is 2. The fourth-order valence-corrected chi connectivity index (χ4v) is 4.51. The lowest BCUT2D eigenvalue weighted by Crippen LogP contribution is -2.25. The van der Waals surface area contributed by atoms with Gasteiger partial charge in [0.05, 0.1) is 46.1 Å². The number of carbonyl (C=O) groups is 1. The van der Waals surface area contributed by atoms with E-state index in [0.717, 1.165) is 0 Å². The van der Waals surface area contributed by atoms with Crippen LogP contribution >= 0.6 is 46.1 Å². The van der Waals surface area contributed by atoms with Crippen LogP contribution in [0.15, 0.2) is 57.6 Å². The van der Waals surface area contributed by atoms with Crippen LogP contribution in [0.5, 0.6) is 0 Å². The summed E-state index contributed by atoms with van der Waals surface area (Å²) in [6, 6.07) is 5.48. The summed E-state index contributed by atoms with van der Waals surface area (Å²) in [4.78, 5) is 25.8. The van der Waals surface area contributed by atoms with E-state index in [2.05, 4.69) is 25.6 Å². The van der Waals surface area contributed by atoms with Crippen LogP contribution in [0.4, 0.5) is 11.6 Å². The first-order valence-corrected chi connectivity index (χ1v) is 11.2. The first kappa shape index (κ1) is 24.2. The van der Waals surface area contributed by atoms with Crippen molar-refractivity contribution in [2.45, 2.75) is 0 Å². The monoisotopic (exact) mass is 513 g/mol. The Morgan fingerprint density at radius 2 is 2.00 bits per heavy atom. The maximum atomic E-state index is 13.0. The average Bonchev–Trinajstić information content (AvgIpc) is 3.24. The van der Waals surface area contributed by atoms with Crippen molar-refractivity contribution in [2.75, 3.05) is 32.0 Å². The standard InChI is InChI=1S/C20H18Cl3N5O3S/c1-30-8-12(22)17(31-2)15(23)13(7-21)27-20(29)11-9-32-18-16(11)25-10-26-19(18)28-14-5-3-4-6-24-14/h3-6,9-10H,7-8H2,1-2H3,(H,27,29)(H,24,25,26,28)/b15-13-,17-12-. The summed E-state index contributed by atoms with van der Waals surface area (Å²) in [5.41, 5.74) is 1.05. The van der Waals surface area contributed by atoms with Crippen molar-refractivity contribution in [1.82, 2.24) is 20.3 Å². The summed E-state index contributed by atoms with van der Waals surface area (Å²) in [6.45, 7) is 0.0859. The molecule has 12 heteroatoms. The topological polar surface area (TPSA) is 98.3 Å². The lowest BCUT2D eigenvalue weighted by molar-refractivity contribution is 0.0967. The third-order valence-electron chi connectivity index (χ3n) is 4.09. The molecule has 0 aromatic carbocycles. The smallest absolute Gasteiger partial charge is 0.258 e. The van der Waals surface area contributed by atoms with Crippen molar-refractivity contribution < 1.29 is 14.3 Å². The van der Waals surface area contributed by atoms with Gasteiger partial charge in [-0.3, -0.25) is 4.79 Å². The van der Waals surface area contributed by atoms with E-state index in [4.69, 9.17) is 44.3 Å². The number of hydrogen-bond donors (Lipinski definition) is 2. The summed E-state index contributed by atoms with van der Waals surface area (Å²) in [5, 5.41) is 7.84. The number of ether oxygens (including phenoxy) is 2. The number of allylic oxidation sites excluding steroid dienone is 2. The average molecular weight is 515 g/mol. The third kappa shape index (κ3) is 5.48. The van der Waals surface area contributed by atoms with Gasteiger partial charge in [-0.05, 0) is 12.1 Å². The minimum absolute atomic E-state index is 0.0737. The minimum atomic E-state index is -0.439. The summed E-state index contributed by atoms with van der Waals surface area (Å²) in [5.74, 6) is 0.798. The van der Waals surface area contributed by atoms with Crippen LogP contribution in [0, 0.1) is 0 Å². The second-order valence-corrected chi connectivity index (χ2v) is 8.12. The Morgan fingerprint density at radius 3 is 2.66 bits per heavy atom. The molecule has 3 aromatic heterocycles. The lowest BCUT2D eigenvalue weighted by Gasteiger charge is -2.13. The summed E-state index contributed by atoms with van der Waals surface area (Å²) >= 11 is 19.9. The molecule has 0 saturated carbocycles. The molecule has 168 valence electrons. The third-order valence-corrected chi connectivity index (χ3v) is 6.02. The van der Waals surface area contributed by atoms with Crippen molar-refractivity contribution >= 4 is 73.9 Å². The number of aromatic nitrogens is 3. The van der Waals surface area contributed by atoms with Crippen molar-refractivity contribution in [1.29, 1.82) is 0 Å². The van der Waals surface area contributed by atoms with Crippen LogP contribution in [0.25, 0.3) is 10.2 Å². The van der Waals surface area contributed by atoms with Crippen LogP contribution in [-0.4, -0.2) is 47.6 Å². The van der Waals surface area contributed by atoms with Gasteiger partial charge < -0.3 is 20.1 Å². The molecule has 0 radical (unpaired) electrons. The second-order valence-electron chi connectivity index (χ2n) is 6.14. The molecule has 3 heterocycles. The van der Waals surface area contributed by atoms with Crippen molar-refractivity contribution in [3.63, 3.8) is 0 Å². The number of carbonyl (C=O) groups excluding carboxylic acids is 1. The van der Waals surface area contributed by atoms with Gasteiger partial charge in [0.15, 0.2) is 11.6 Å². The summed E-state index contributed by atoms with van der Waals surface area (Å²) in [7, 11) is 2.89. The maximum Gasteiger partial charge on any atom is 0.258 e. The number of methoxy groups -OCH3 is 2. The summed E-state index contributed by atoms with van der Waals surface area (Å²) < 4.78 is 11.0. The predicted octanol–water partition coefficient (Wildman–Crippen LogP) is 4.99. The van der Waals surface area contributed by atoms with Gasteiger partial charge in [0.25, 0.3) is 5.91 Å². The number of nitrogens with zero attached hydrogens (tertiary/aromatic N) is 3. The second kappa shape index (κ2) is 11.4. The minimum Gasteiger partial charge on any atom is -0.494 e. The van der Waals surface area contributed by atoms with E-state index in [1.54, 1.807) is 11.6 Å². The number of nitrogens with one attached hydrogen (secondary N) is 2. The molecule has 0 aliphatic carbocycles. The fraction of sp³-hybridized carbons (Fsp3) is 0.200. The van der Waals surface area contributed by atoms with E-state index < -0.39 is 5.91 Å². The highest BCUT2D eigenvalue weighted by Gasteiger charge is 2.20. The molecular formula is C20H18Cl3N5O3S. The van der Waals surface area contributed by atoms with Crippen LogP contribution in [0.1, 0.15) is 10.4 Å². The van der Waals surface area contributed by atoms with E-state index in [1.165, 1.54) is 31.9 Å². The molecule has 0 aliphatic rings. The number of amides is 1. The molecule has 3 aromatic rings. The highest BCUT2D eigenvalue weighted by Crippen LogP contribution is 2.31. The van der Waals surface area contributed by atoms with Crippen LogP contribution in [0.2, 0.25) is 0 Å². The molecule has 0 bridgehead atoms. The first-order chi connectivity index (χ1) is 15.5. The fourth-order valence-electron chi connectivity index (χ4n) is 2.66. The van der Waals surface area contributed by atoms with Gasteiger partial charge >= 0.3 is 0 Å². The van der Waals surface area contributed by atoms with Gasteiger partial charge in [-0.15, -0.1) is 22.9 Å². The number of hydrogen-bond acceptors (Lipinski definition) is 8. The molecule has 0 spiro atoms. The molecule has 32 heavy (non-hydrogen) atoms. The Bertz CT molecular complexity index is 1170. The predicted molar refractivity (Wildman–Crippen MR) is 128 cm³/mol. The van der Waals surface area contributed by atoms with Gasteiger partial charge in [-0.2, -0.15) is 0 Å². The highest BCUT2D eigenvalue weighted by molar-refractivity contribution is 7.18. The van der Waals surface area contributed by atoms with Crippen molar-refractivity contribution in [2.24, 2.45) is 0 Å². The Morgan fingerprint density at radius 1 is 1.19 bits per heavy atom. The largest absolute Gasteiger partial charge is 0.494 e. The molecule has 0 fully saturated rings. The molecule has 0 saturated heterocycles. The van der Waals surface area contributed by atoms with Crippen molar-refractivity contribution in [3.05, 3.63) is 63.2 Å². The van der Waals surface area contributed by atoms with E-state index in [9.17, 15) is 4.79 Å². The van der Waals surface area contributed by atoms with Gasteiger partial charge in [-0.25, -0.2) is 15.0 Å². The SMILES string of the molecule is COC/C(Cl)=C(OC)\C(Cl)=C(/CCl)NC(=O)c1csc2c(Nc3ccccn3)ncnc12. The number of pyridine rings is 1.